The van der Waals surface area contributed by atoms with Crippen LogP contribution in [0.1, 0.15) is 12.8 Å². The van der Waals surface area contributed by atoms with Gasteiger partial charge < -0.3 is 19.3 Å². The summed E-state index contributed by atoms with van der Waals surface area (Å²) in [5.41, 5.74) is 0.949. The SMILES string of the molecule is COc1cc(S(=O)(=O)Nc2cc3c(cc2Oc2cccc(OCC4CC4)c2)n(C)c(=O)n3C)ccc1O. The average Bonchev–Trinajstić information content (AvgIpc) is 3.69. The molecule has 1 aliphatic carbocycles. The number of imidazole rings is 1. The van der Waals surface area contributed by atoms with Crippen molar-refractivity contribution in [3.8, 4) is 28.7 Å². The van der Waals surface area contributed by atoms with Crippen molar-refractivity contribution in [1.29, 1.82) is 0 Å². The lowest BCUT2D eigenvalue weighted by Gasteiger charge is -2.16. The van der Waals surface area contributed by atoms with E-state index in [9.17, 15) is 18.3 Å². The topological polar surface area (TPSA) is 121 Å². The van der Waals surface area contributed by atoms with Crippen molar-refractivity contribution in [3.05, 3.63) is 65.1 Å². The van der Waals surface area contributed by atoms with E-state index in [1.807, 2.05) is 6.07 Å². The highest BCUT2D eigenvalue weighted by Gasteiger charge is 2.23. The van der Waals surface area contributed by atoms with Gasteiger partial charge in [0.25, 0.3) is 10.0 Å². The van der Waals surface area contributed by atoms with Crippen LogP contribution in [0.2, 0.25) is 0 Å². The molecule has 0 aliphatic heterocycles. The molecule has 2 N–H and O–H groups in total. The van der Waals surface area contributed by atoms with Gasteiger partial charge in [0.1, 0.15) is 11.5 Å². The molecule has 0 saturated heterocycles. The van der Waals surface area contributed by atoms with Crippen LogP contribution < -0.4 is 24.6 Å². The number of phenolic OH excluding ortho intramolecular Hbond substituents is 1. The first-order valence-corrected chi connectivity index (χ1v) is 13.1. The lowest BCUT2D eigenvalue weighted by molar-refractivity contribution is 0.298. The summed E-state index contributed by atoms with van der Waals surface area (Å²) in [5, 5.41) is 9.87. The van der Waals surface area contributed by atoms with Crippen LogP contribution in [0.4, 0.5) is 5.69 Å². The molecule has 5 rings (SSSR count). The third-order valence-corrected chi connectivity index (χ3v) is 7.66. The number of anilines is 1. The van der Waals surface area contributed by atoms with Crippen LogP contribution in [0.3, 0.4) is 0 Å². The molecule has 1 saturated carbocycles. The molecule has 0 radical (unpaired) electrons. The molecule has 1 aromatic heterocycles. The molecule has 0 bridgehead atoms. The monoisotopic (exact) mass is 525 g/mol. The molecule has 37 heavy (non-hydrogen) atoms. The Labute approximate surface area is 213 Å². The van der Waals surface area contributed by atoms with Gasteiger partial charge in [-0.15, -0.1) is 0 Å². The molecule has 1 heterocycles. The summed E-state index contributed by atoms with van der Waals surface area (Å²) in [6.07, 6.45) is 2.34. The predicted molar refractivity (Wildman–Crippen MR) is 138 cm³/mol. The Morgan fingerprint density at radius 3 is 2.38 bits per heavy atom. The van der Waals surface area contributed by atoms with Gasteiger partial charge in [0, 0.05) is 32.3 Å². The number of sulfonamides is 1. The molecular weight excluding hydrogens is 498 g/mol. The van der Waals surface area contributed by atoms with E-state index in [1.165, 1.54) is 47.3 Å². The van der Waals surface area contributed by atoms with Crippen molar-refractivity contribution in [2.45, 2.75) is 17.7 Å². The van der Waals surface area contributed by atoms with Gasteiger partial charge in [-0.3, -0.25) is 13.9 Å². The van der Waals surface area contributed by atoms with Crippen molar-refractivity contribution in [3.63, 3.8) is 0 Å². The highest BCUT2D eigenvalue weighted by molar-refractivity contribution is 7.92. The van der Waals surface area contributed by atoms with Gasteiger partial charge in [-0.05, 0) is 49.1 Å². The third-order valence-electron chi connectivity index (χ3n) is 6.30. The molecule has 0 unspecified atom stereocenters. The van der Waals surface area contributed by atoms with Gasteiger partial charge >= 0.3 is 5.69 Å². The van der Waals surface area contributed by atoms with Gasteiger partial charge in [0.2, 0.25) is 0 Å². The van der Waals surface area contributed by atoms with Crippen LogP contribution in [0.15, 0.2) is 64.3 Å². The van der Waals surface area contributed by atoms with E-state index in [-0.39, 0.29) is 33.5 Å². The number of fused-ring (bicyclic) bond motifs is 1. The van der Waals surface area contributed by atoms with Gasteiger partial charge in [-0.1, -0.05) is 6.07 Å². The molecule has 1 aliphatic rings. The van der Waals surface area contributed by atoms with E-state index in [4.69, 9.17) is 14.2 Å². The predicted octanol–water partition coefficient (Wildman–Crippen LogP) is 3.97. The molecule has 0 atom stereocenters. The largest absolute Gasteiger partial charge is 0.504 e. The van der Waals surface area contributed by atoms with Crippen molar-refractivity contribution < 1.29 is 27.7 Å². The molecule has 10 nitrogen and oxygen atoms in total. The minimum Gasteiger partial charge on any atom is -0.504 e. The Bertz CT molecular complexity index is 1650. The summed E-state index contributed by atoms with van der Waals surface area (Å²) in [7, 11) is 0.447. The fourth-order valence-electron chi connectivity index (χ4n) is 3.97. The minimum absolute atomic E-state index is 0.0169. The molecule has 1 fully saturated rings. The second-order valence-corrected chi connectivity index (χ2v) is 10.7. The summed E-state index contributed by atoms with van der Waals surface area (Å²) in [5.74, 6) is 1.71. The van der Waals surface area contributed by atoms with E-state index < -0.39 is 10.0 Å². The number of aromatic hydroxyl groups is 1. The molecule has 0 spiro atoms. The van der Waals surface area contributed by atoms with Crippen LogP contribution in [0.5, 0.6) is 28.7 Å². The molecule has 3 aromatic carbocycles. The summed E-state index contributed by atoms with van der Waals surface area (Å²) in [6, 6.07) is 14.0. The second kappa shape index (κ2) is 9.40. The Hall–Kier alpha value is -4.12. The van der Waals surface area contributed by atoms with E-state index >= 15 is 0 Å². The number of rotatable bonds is 9. The number of aromatic nitrogens is 2. The van der Waals surface area contributed by atoms with Crippen LogP contribution in [-0.2, 0) is 24.1 Å². The van der Waals surface area contributed by atoms with Gasteiger partial charge in [0.15, 0.2) is 17.2 Å². The first-order valence-electron chi connectivity index (χ1n) is 11.7. The first kappa shape index (κ1) is 24.6. The van der Waals surface area contributed by atoms with Crippen LogP contribution in [-0.4, -0.2) is 36.4 Å². The summed E-state index contributed by atoms with van der Waals surface area (Å²) < 4.78 is 49.1. The van der Waals surface area contributed by atoms with Gasteiger partial charge in [0.05, 0.1) is 35.3 Å². The third kappa shape index (κ3) is 4.94. The Morgan fingerprint density at radius 1 is 0.973 bits per heavy atom. The lowest BCUT2D eigenvalue weighted by Crippen LogP contribution is -2.19. The Kier molecular flexibility index (Phi) is 6.24. The quantitative estimate of drug-likeness (QED) is 0.339. The first-order chi connectivity index (χ1) is 17.7. The lowest BCUT2D eigenvalue weighted by atomic mass is 10.2. The molecule has 4 aromatic rings. The number of hydrogen-bond donors (Lipinski definition) is 2. The number of ether oxygens (including phenoxy) is 3. The van der Waals surface area contributed by atoms with E-state index in [0.717, 1.165) is 0 Å². The molecule has 0 amide bonds. The molecular formula is C26H27N3O7S. The van der Waals surface area contributed by atoms with E-state index in [0.29, 0.717) is 35.1 Å². The molecule has 11 heteroatoms. The summed E-state index contributed by atoms with van der Waals surface area (Å²) >= 11 is 0. The zero-order chi connectivity index (χ0) is 26.3. The number of nitrogens with zero attached hydrogens (tertiary/aromatic N) is 2. The number of aryl methyl sites for hydroxylation is 2. The second-order valence-electron chi connectivity index (χ2n) is 9.01. The summed E-state index contributed by atoms with van der Waals surface area (Å²) in [4.78, 5) is 12.4. The maximum atomic E-state index is 13.3. The maximum Gasteiger partial charge on any atom is 0.328 e. The Balaban J connectivity index is 1.55. The highest BCUT2D eigenvalue weighted by atomic mass is 32.2. The van der Waals surface area contributed by atoms with Crippen molar-refractivity contribution in [2.75, 3.05) is 18.4 Å². The number of phenols is 1. The number of methoxy groups -OCH3 is 1. The van der Waals surface area contributed by atoms with Crippen LogP contribution in [0, 0.1) is 5.92 Å². The number of benzene rings is 3. The highest BCUT2D eigenvalue weighted by Crippen LogP contribution is 2.37. The standard InChI is InChI=1S/C26H27N3O7S/c1-28-21-13-20(27-37(32,33)19-9-10-23(30)25(12-19)34-3)24(14-22(21)29(2)26(28)31)36-18-6-4-5-17(11-18)35-15-16-7-8-16/h4-6,9-14,16,27,30H,7-8,15H2,1-3H3. The van der Waals surface area contributed by atoms with Crippen molar-refractivity contribution in [1.82, 2.24) is 9.13 Å². The zero-order valence-corrected chi connectivity index (χ0v) is 21.4. The van der Waals surface area contributed by atoms with E-state index in [1.54, 1.807) is 44.4 Å². The van der Waals surface area contributed by atoms with Gasteiger partial charge in [-0.25, -0.2) is 13.2 Å². The maximum absolute atomic E-state index is 13.3. The number of nitrogens with one attached hydrogen (secondary N) is 1. The van der Waals surface area contributed by atoms with Crippen molar-refractivity contribution in [2.24, 2.45) is 20.0 Å². The Morgan fingerprint density at radius 2 is 1.68 bits per heavy atom. The normalized spacial score (nSPS) is 13.5. The van der Waals surface area contributed by atoms with Crippen LogP contribution >= 0.6 is 0 Å². The van der Waals surface area contributed by atoms with Gasteiger partial charge in [-0.2, -0.15) is 0 Å². The van der Waals surface area contributed by atoms with Crippen LogP contribution in [0.25, 0.3) is 11.0 Å². The van der Waals surface area contributed by atoms with E-state index in [2.05, 4.69) is 4.72 Å². The smallest absolute Gasteiger partial charge is 0.328 e. The average molecular weight is 526 g/mol. The number of hydrogen-bond acceptors (Lipinski definition) is 7. The minimum atomic E-state index is -4.12. The van der Waals surface area contributed by atoms with Crippen molar-refractivity contribution >= 4 is 26.7 Å². The fourth-order valence-corrected chi connectivity index (χ4v) is 5.05. The molecule has 194 valence electrons. The summed E-state index contributed by atoms with van der Waals surface area (Å²) in [6.45, 7) is 0.642. The zero-order valence-electron chi connectivity index (χ0n) is 20.6. The fraction of sp³-hybridized carbons (Fsp3) is 0.269.